The summed E-state index contributed by atoms with van der Waals surface area (Å²) in [6, 6.07) is 0.986. The van der Waals surface area contributed by atoms with E-state index in [1.165, 1.54) is 25.7 Å². The summed E-state index contributed by atoms with van der Waals surface area (Å²) in [7, 11) is 0. The highest BCUT2D eigenvalue weighted by Gasteiger charge is 2.42. The zero-order valence-corrected chi connectivity index (χ0v) is 14.6. The highest BCUT2D eigenvalue weighted by atomic mass is 16.2. The lowest BCUT2D eigenvalue weighted by Crippen LogP contribution is -2.56. The van der Waals surface area contributed by atoms with Crippen molar-refractivity contribution in [2.24, 2.45) is 11.8 Å². The van der Waals surface area contributed by atoms with Crippen molar-refractivity contribution in [3.8, 4) is 0 Å². The standard InChI is InChI=1S/C18H29N5O/c1-14(12-21-5-4-19-13-21)20-18(24)23-8-6-22(7-9-23)17-11-15-2-3-16(17)10-15/h4-5,13-17H,2-3,6-12H2,1H3,(H,20,24)/t14-,15-,16-,17+/m0/s1. The third kappa shape index (κ3) is 3.29. The molecule has 3 aliphatic rings. The summed E-state index contributed by atoms with van der Waals surface area (Å²) in [4.78, 5) is 21.1. The number of carbonyl (C=O) groups excluding carboxylic acids is 1. The highest BCUT2D eigenvalue weighted by Crippen LogP contribution is 2.46. The van der Waals surface area contributed by atoms with Gasteiger partial charge in [-0.25, -0.2) is 9.78 Å². The Morgan fingerprint density at radius 2 is 2.08 bits per heavy atom. The second kappa shape index (κ2) is 6.75. The van der Waals surface area contributed by atoms with Gasteiger partial charge in [0.25, 0.3) is 0 Å². The molecule has 1 aromatic rings. The van der Waals surface area contributed by atoms with Gasteiger partial charge in [0.15, 0.2) is 0 Å². The third-order valence-corrected chi connectivity index (χ3v) is 6.19. The van der Waals surface area contributed by atoms with E-state index >= 15 is 0 Å². The Balaban J connectivity index is 1.22. The molecule has 0 aromatic carbocycles. The fourth-order valence-corrected chi connectivity index (χ4v) is 4.97. The summed E-state index contributed by atoms with van der Waals surface area (Å²) in [5, 5.41) is 3.12. The summed E-state index contributed by atoms with van der Waals surface area (Å²) >= 11 is 0. The number of rotatable bonds is 4. The molecule has 0 spiro atoms. The second-order valence-electron chi connectivity index (χ2n) is 7.88. The van der Waals surface area contributed by atoms with E-state index in [2.05, 4.69) is 15.2 Å². The minimum absolute atomic E-state index is 0.0789. The maximum absolute atomic E-state index is 12.5. The summed E-state index contributed by atoms with van der Waals surface area (Å²) in [6.45, 7) is 6.60. The van der Waals surface area contributed by atoms with Crippen LogP contribution in [0.3, 0.4) is 0 Å². The van der Waals surface area contributed by atoms with Gasteiger partial charge in [-0.2, -0.15) is 0 Å². The van der Waals surface area contributed by atoms with Crippen LogP contribution in [0.4, 0.5) is 4.79 Å². The van der Waals surface area contributed by atoms with Crippen molar-refractivity contribution in [2.75, 3.05) is 26.2 Å². The van der Waals surface area contributed by atoms with E-state index in [1.807, 2.05) is 22.6 Å². The number of aromatic nitrogens is 2. The lowest BCUT2D eigenvalue weighted by Gasteiger charge is -2.41. The third-order valence-electron chi connectivity index (χ3n) is 6.19. The average Bonchev–Trinajstić information content (AvgIpc) is 3.32. The van der Waals surface area contributed by atoms with Crippen molar-refractivity contribution < 1.29 is 4.79 Å². The number of piperazine rings is 1. The van der Waals surface area contributed by atoms with Gasteiger partial charge in [-0.05, 0) is 38.0 Å². The summed E-state index contributed by atoms with van der Waals surface area (Å²) in [6.07, 6.45) is 11.2. The molecule has 132 valence electrons. The highest BCUT2D eigenvalue weighted by molar-refractivity contribution is 5.74. The first-order valence-electron chi connectivity index (χ1n) is 9.44. The number of nitrogens with one attached hydrogen (secondary N) is 1. The predicted molar refractivity (Wildman–Crippen MR) is 92.6 cm³/mol. The van der Waals surface area contributed by atoms with Crippen LogP contribution >= 0.6 is 0 Å². The quantitative estimate of drug-likeness (QED) is 0.915. The maximum atomic E-state index is 12.5. The molecular formula is C18H29N5O. The molecule has 6 nitrogen and oxygen atoms in total. The van der Waals surface area contributed by atoms with Crippen molar-refractivity contribution in [1.82, 2.24) is 24.7 Å². The van der Waals surface area contributed by atoms with Gasteiger partial charge in [0, 0.05) is 57.2 Å². The molecule has 2 aliphatic carbocycles. The van der Waals surface area contributed by atoms with E-state index in [9.17, 15) is 4.79 Å². The van der Waals surface area contributed by atoms with Crippen molar-refractivity contribution in [2.45, 2.75) is 51.2 Å². The molecule has 2 heterocycles. The molecular weight excluding hydrogens is 302 g/mol. The van der Waals surface area contributed by atoms with Gasteiger partial charge in [0.1, 0.15) is 0 Å². The van der Waals surface area contributed by atoms with E-state index < -0.39 is 0 Å². The number of amides is 2. The molecule has 6 heteroatoms. The first kappa shape index (κ1) is 15.9. The molecule has 4 atom stereocenters. The molecule has 1 N–H and O–H groups in total. The Hall–Kier alpha value is -1.56. The molecule has 1 saturated heterocycles. The van der Waals surface area contributed by atoms with Gasteiger partial charge < -0.3 is 14.8 Å². The molecule has 24 heavy (non-hydrogen) atoms. The number of hydrogen-bond donors (Lipinski definition) is 1. The Labute approximate surface area is 144 Å². The second-order valence-corrected chi connectivity index (χ2v) is 7.88. The Kier molecular flexibility index (Phi) is 4.48. The number of fused-ring (bicyclic) bond motifs is 2. The number of imidazole rings is 1. The predicted octanol–water partition coefficient (Wildman–Crippen LogP) is 1.79. The smallest absolute Gasteiger partial charge is 0.317 e. The van der Waals surface area contributed by atoms with Crippen LogP contribution < -0.4 is 5.32 Å². The molecule has 4 rings (SSSR count). The lowest BCUT2D eigenvalue weighted by atomic mass is 9.93. The fraction of sp³-hybridized carbons (Fsp3) is 0.778. The molecule has 1 aromatic heterocycles. The van der Waals surface area contributed by atoms with Crippen LogP contribution in [-0.4, -0.2) is 63.6 Å². The molecule has 1 aliphatic heterocycles. The minimum Gasteiger partial charge on any atom is -0.335 e. The number of carbonyl (C=O) groups is 1. The van der Waals surface area contributed by atoms with Crippen LogP contribution in [0, 0.1) is 11.8 Å². The zero-order valence-electron chi connectivity index (χ0n) is 14.6. The van der Waals surface area contributed by atoms with E-state index in [4.69, 9.17) is 0 Å². The largest absolute Gasteiger partial charge is 0.335 e. The van der Waals surface area contributed by atoms with Gasteiger partial charge in [-0.3, -0.25) is 4.90 Å². The first-order chi connectivity index (χ1) is 11.7. The van der Waals surface area contributed by atoms with E-state index in [-0.39, 0.29) is 12.1 Å². The van der Waals surface area contributed by atoms with Crippen molar-refractivity contribution in [3.05, 3.63) is 18.7 Å². The number of urea groups is 1. The van der Waals surface area contributed by atoms with E-state index in [0.717, 1.165) is 50.6 Å². The number of nitrogens with zero attached hydrogens (tertiary/aromatic N) is 4. The van der Waals surface area contributed by atoms with Crippen LogP contribution in [0.1, 0.15) is 32.6 Å². The van der Waals surface area contributed by atoms with Gasteiger partial charge >= 0.3 is 6.03 Å². The Morgan fingerprint density at radius 1 is 1.25 bits per heavy atom. The molecule has 0 unspecified atom stereocenters. The summed E-state index contributed by atoms with van der Waals surface area (Å²) in [5.74, 6) is 1.93. The molecule has 2 saturated carbocycles. The average molecular weight is 331 g/mol. The Morgan fingerprint density at radius 3 is 2.71 bits per heavy atom. The van der Waals surface area contributed by atoms with Crippen molar-refractivity contribution >= 4 is 6.03 Å². The molecule has 2 bridgehead atoms. The van der Waals surface area contributed by atoms with Gasteiger partial charge in [0.2, 0.25) is 0 Å². The van der Waals surface area contributed by atoms with Crippen LogP contribution in [0.15, 0.2) is 18.7 Å². The van der Waals surface area contributed by atoms with Gasteiger partial charge in [-0.15, -0.1) is 0 Å². The zero-order chi connectivity index (χ0) is 16.5. The first-order valence-corrected chi connectivity index (χ1v) is 9.44. The fourth-order valence-electron chi connectivity index (χ4n) is 4.97. The van der Waals surface area contributed by atoms with Gasteiger partial charge in [0.05, 0.1) is 6.33 Å². The lowest BCUT2D eigenvalue weighted by molar-refractivity contribution is 0.0819. The molecule has 3 fully saturated rings. The van der Waals surface area contributed by atoms with Crippen molar-refractivity contribution in [1.29, 1.82) is 0 Å². The van der Waals surface area contributed by atoms with Crippen LogP contribution in [0.25, 0.3) is 0 Å². The van der Waals surface area contributed by atoms with E-state index in [0.29, 0.717) is 0 Å². The normalized spacial score (nSPS) is 31.4. The molecule has 2 amide bonds. The minimum atomic E-state index is 0.0789. The van der Waals surface area contributed by atoms with Crippen LogP contribution in [0.5, 0.6) is 0 Å². The molecule has 0 radical (unpaired) electrons. The van der Waals surface area contributed by atoms with E-state index in [1.54, 1.807) is 12.5 Å². The van der Waals surface area contributed by atoms with Crippen molar-refractivity contribution in [3.63, 3.8) is 0 Å². The van der Waals surface area contributed by atoms with Crippen LogP contribution in [-0.2, 0) is 6.54 Å². The van der Waals surface area contributed by atoms with Gasteiger partial charge in [-0.1, -0.05) is 6.42 Å². The monoisotopic (exact) mass is 331 g/mol. The summed E-state index contributed by atoms with van der Waals surface area (Å²) < 4.78 is 2.00. The SMILES string of the molecule is C[C@@H](Cn1ccnc1)NC(=O)N1CCN([C@@H]2C[C@H]3CC[C@H]2C3)CC1. The summed E-state index contributed by atoms with van der Waals surface area (Å²) in [5.41, 5.74) is 0. The maximum Gasteiger partial charge on any atom is 0.317 e. The number of hydrogen-bond acceptors (Lipinski definition) is 3. The van der Waals surface area contributed by atoms with Crippen LogP contribution in [0.2, 0.25) is 0 Å². The topological polar surface area (TPSA) is 53.4 Å². The Bertz CT molecular complexity index is 552.